The summed E-state index contributed by atoms with van der Waals surface area (Å²) in [6.07, 6.45) is -1.43. The summed E-state index contributed by atoms with van der Waals surface area (Å²) in [5.74, 6) is -1.11. The van der Waals surface area contributed by atoms with Gasteiger partial charge in [-0.05, 0) is 11.8 Å². The van der Waals surface area contributed by atoms with Crippen molar-refractivity contribution < 1.29 is 19.4 Å². The average molecular weight is 241 g/mol. The summed E-state index contributed by atoms with van der Waals surface area (Å²) in [7, 11) is 0. The second-order valence-electron chi connectivity index (χ2n) is 5.64. The number of fused-ring (bicyclic) bond motifs is 1. The summed E-state index contributed by atoms with van der Waals surface area (Å²) >= 11 is 0. The SMILES string of the molecule is CC(C)[C@H]1C(=O)N[C@]2([C@@H](O)C(C)C)C(=O)O[C@@H]12. The third kappa shape index (κ3) is 1.41. The Hall–Kier alpha value is -1.10. The quantitative estimate of drug-likeness (QED) is 0.686. The Kier molecular flexibility index (Phi) is 2.69. The monoisotopic (exact) mass is 241 g/mol. The van der Waals surface area contributed by atoms with Crippen LogP contribution in [0.15, 0.2) is 0 Å². The normalized spacial score (nSPS) is 37.6. The molecule has 5 heteroatoms. The van der Waals surface area contributed by atoms with Gasteiger partial charge in [-0.1, -0.05) is 27.7 Å². The van der Waals surface area contributed by atoms with Crippen molar-refractivity contribution in [1.82, 2.24) is 5.32 Å². The van der Waals surface area contributed by atoms with Crippen LogP contribution in [-0.4, -0.2) is 34.7 Å². The summed E-state index contributed by atoms with van der Waals surface area (Å²) < 4.78 is 5.10. The van der Waals surface area contributed by atoms with Gasteiger partial charge in [-0.3, -0.25) is 4.79 Å². The van der Waals surface area contributed by atoms with Crippen LogP contribution in [0.2, 0.25) is 0 Å². The van der Waals surface area contributed by atoms with Crippen LogP contribution in [0.4, 0.5) is 0 Å². The number of carbonyl (C=O) groups is 2. The van der Waals surface area contributed by atoms with Gasteiger partial charge in [-0.25, -0.2) is 4.79 Å². The maximum atomic E-state index is 11.9. The largest absolute Gasteiger partial charge is 0.456 e. The van der Waals surface area contributed by atoms with Crippen molar-refractivity contribution in [3.05, 3.63) is 0 Å². The summed E-state index contributed by atoms with van der Waals surface area (Å²) in [6, 6.07) is 0. The molecule has 0 radical (unpaired) electrons. The second-order valence-corrected chi connectivity index (χ2v) is 5.64. The third-order valence-electron chi connectivity index (χ3n) is 3.80. The van der Waals surface area contributed by atoms with E-state index in [4.69, 9.17) is 4.74 Å². The Labute approximate surface area is 101 Å². The van der Waals surface area contributed by atoms with Gasteiger partial charge in [0.1, 0.15) is 0 Å². The average Bonchev–Trinajstić information content (AvgIpc) is 2.46. The van der Waals surface area contributed by atoms with Crippen LogP contribution in [0, 0.1) is 17.8 Å². The zero-order valence-electron chi connectivity index (χ0n) is 10.6. The molecule has 2 rings (SSSR count). The van der Waals surface area contributed by atoms with Crippen molar-refractivity contribution in [3.8, 4) is 0 Å². The molecular formula is C12H19NO4. The molecule has 0 aromatic carbocycles. The van der Waals surface area contributed by atoms with Crippen LogP contribution in [0.25, 0.3) is 0 Å². The van der Waals surface area contributed by atoms with Crippen LogP contribution < -0.4 is 5.32 Å². The van der Waals surface area contributed by atoms with Crippen LogP contribution in [-0.2, 0) is 14.3 Å². The molecular weight excluding hydrogens is 222 g/mol. The van der Waals surface area contributed by atoms with E-state index < -0.39 is 23.7 Å². The first kappa shape index (κ1) is 12.4. The number of aliphatic hydroxyl groups is 1. The number of nitrogens with one attached hydrogen (secondary N) is 1. The molecule has 2 saturated heterocycles. The van der Waals surface area contributed by atoms with E-state index in [1.165, 1.54) is 0 Å². The molecule has 2 aliphatic rings. The first-order chi connectivity index (χ1) is 7.82. The minimum Gasteiger partial charge on any atom is -0.456 e. The number of hydrogen-bond acceptors (Lipinski definition) is 4. The molecule has 0 unspecified atom stereocenters. The summed E-state index contributed by atoms with van der Waals surface area (Å²) in [5, 5.41) is 12.8. The first-order valence-corrected chi connectivity index (χ1v) is 6.03. The molecule has 2 fully saturated rings. The van der Waals surface area contributed by atoms with Gasteiger partial charge in [-0.15, -0.1) is 0 Å². The maximum Gasteiger partial charge on any atom is 0.338 e. The minimum absolute atomic E-state index is 0.0781. The molecule has 0 bridgehead atoms. The van der Waals surface area contributed by atoms with Gasteiger partial charge < -0.3 is 15.2 Å². The minimum atomic E-state index is -1.21. The lowest BCUT2D eigenvalue weighted by Crippen LogP contribution is -2.74. The molecule has 5 nitrogen and oxygen atoms in total. The van der Waals surface area contributed by atoms with E-state index in [-0.39, 0.29) is 23.7 Å². The van der Waals surface area contributed by atoms with Crippen LogP contribution in [0.3, 0.4) is 0 Å². The molecule has 2 aliphatic heterocycles. The highest BCUT2D eigenvalue weighted by Crippen LogP contribution is 2.45. The van der Waals surface area contributed by atoms with Crippen molar-refractivity contribution in [3.63, 3.8) is 0 Å². The van der Waals surface area contributed by atoms with E-state index in [1.807, 2.05) is 27.7 Å². The summed E-state index contributed by atoms with van der Waals surface area (Å²) in [4.78, 5) is 23.6. The number of rotatable bonds is 3. The van der Waals surface area contributed by atoms with E-state index in [0.717, 1.165) is 0 Å². The fourth-order valence-corrected chi connectivity index (χ4v) is 2.81. The van der Waals surface area contributed by atoms with Crippen LogP contribution >= 0.6 is 0 Å². The number of amides is 1. The summed E-state index contributed by atoms with van der Waals surface area (Å²) in [5.41, 5.74) is -1.21. The van der Waals surface area contributed by atoms with Crippen molar-refractivity contribution in [2.45, 2.75) is 45.4 Å². The fourth-order valence-electron chi connectivity index (χ4n) is 2.81. The molecule has 17 heavy (non-hydrogen) atoms. The molecule has 0 saturated carbocycles. The summed E-state index contributed by atoms with van der Waals surface area (Å²) in [6.45, 7) is 7.45. The zero-order chi connectivity index (χ0) is 13.0. The van der Waals surface area contributed by atoms with Gasteiger partial charge in [0, 0.05) is 0 Å². The molecule has 0 aromatic rings. The Morgan fingerprint density at radius 1 is 1.29 bits per heavy atom. The molecule has 2 N–H and O–H groups in total. The number of aliphatic hydroxyl groups excluding tert-OH is 1. The number of esters is 1. The van der Waals surface area contributed by atoms with Gasteiger partial charge in [0.25, 0.3) is 0 Å². The van der Waals surface area contributed by atoms with E-state index in [0.29, 0.717) is 0 Å². The number of hydrogen-bond donors (Lipinski definition) is 2. The second kappa shape index (κ2) is 3.70. The highest BCUT2D eigenvalue weighted by atomic mass is 16.6. The lowest BCUT2D eigenvalue weighted by atomic mass is 9.73. The Morgan fingerprint density at radius 3 is 2.29 bits per heavy atom. The highest BCUT2D eigenvalue weighted by Gasteiger charge is 2.72. The molecule has 0 aromatic heterocycles. The van der Waals surface area contributed by atoms with E-state index >= 15 is 0 Å². The predicted octanol–water partition coefficient (Wildman–Crippen LogP) is 0.0695. The van der Waals surface area contributed by atoms with Crippen LogP contribution in [0.1, 0.15) is 27.7 Å². The molecule has 2 heterocycles. The highest BCUT2D eigenvalue weighted by molar-refractivity contribution is 6.00. The molecule has 1 amide bonds. The number of ether oxygens (including phenoxy) is 1. The van der Waals surface area contributed by atoms with E-state index in [9.17, 15) is 14.7 Å². The van der Waals surface area contributed by atoms with Crippen molar-refractivity contribution in [1.29, 1.82) is 0 Å². The smallest absolute Gasteiger partial charge is 0.338 e. The fraction of sp³-hybridized carbons (Fsp3) is 0.833. The molecule has 0 spiro atoms. The number of carbonyl (C=O) groups excluding carboxylic acids is 2. The van der Waals surface area contributed by atoms with Gasteiger partial charge in [0.2, 0.25) is 11.4 Å². The van der Waals surface area contributed by atoms with Gasteiger partial charge in [0.05, 0.1) is 12.0 Å². The lowest BCUT2D eigenvalue weighted by Gasteiger charge is -2.47. The van der Waals surface area contributed by atoms with E-state index in [1.54, 1.807) is 0 Å². The predicted molar refractivity (Wildman–Crippen MR) is 59.9 cm³/mol. The lowest BCUT2D eigenvalue weighted by molar-refractivity contribution is -0.209. The zero-order valence-corrected chi connectivity index (χ0v) is 10.6. The van der Waals surface area contributed by atoms with Crippen LogP contribution in [0.5, 0.6) is 0 Å². The first-order valence-electron chi connectivity index (χ1n) is 6.03. The third-order valence-corrected chi connectivity index (χ3v) is 3.80. The molecule has 4 atom stereocenters. The Morgan fingerprint density at radius 2 is 1.88 bits per heavy atom. The molecule has 96 valence electrons. The maximum absolute atomic E-state index is 11.9. The molecule has 0 aliphatic carbocycles. The van der Waals surface area contributed by atoms with E-state index in [2.05, 4.69) is 5.32 Å². The Balaban J connectivity index is 2.34. The Bertz CT molecular complexity index is 366. The van der Waals surface area contributed by atoms with Crippen molar-refractivity contribution >= 4 is 11.9 Å². The van der Waals surface area contributed by atoms with Crippen molar-refractivity contribution in [2.24, 2.45) is 17.8 Å². The van der Waals surface area contributed by atoms with Crippen molar-refractivity contribution in [2.75, 3.05) is 0 Å². The van der Waals surface area contributed by atoms with Gasteiger partial charge >= 0.3 is 5.97 Å². The topological polar surface area (TPSA) is 75.6 Å². The van der Waals surface area contributed by atoms with Gasteiger partial charge in [0.15, 0.2) is 6.10 Å². The van der Waals surface area contributed by atoms with Gasteiger partial charge in [-0.2, -0.15) is 0 Å². The standard InChI is InChI=1S/C12H19NO4/c1-5(2)7-9-12(11(16)17-9,13-10(7)15)8(14)6(3)4/h5-9,14H,1-4H3,(H,13,15)/t7-,8+,9+,12+/m1/s1.